The summed E-state index contributed by atoms with van der Waals surface area (Å²) >= 11 is 12.1. The zero-order chi connectivity index (χ0) is 19.4. The third-order valence-corrected chi connectivity index (χ3v) is 5.30. The van der Waals surface area contributed by atoms with Gasteiger partial charge in [-0.25, -0.2) is 14.2 Å². The number of amides is 1. The first-order chi connectivity index (χ1) is 13.5. The second kappa shape index (κ2) is 6.32. The van der Waals surface area contributed by atoms with Crippen LogP contribution in [-0.2, 0) is 13.5 Å². The summed E-state index contributed by atoms with van der Waals surface area (Å²) < 4.78 is 3.02. The summed E-state index contributed by atoms with van der Waals surface area (Å²) in [6, 6.07) is 6.95. The zero-order valence-electron chi connectivity index (χ0n) is 14.7. The van der Waals surface area contributed by atoms with E-state index < -0.39 is 6.04 Å². The van der Waals surface area contributed by atoms with Crippen molar-refractivity contribution >= 4 is 34.6 Å². The molecule has 9 nitrogen and oxygen atoms in total. The average molecular weight is 417 g/mol. The summed E-state index contributed by atoms with van der Waals surface area (Å²) in [4.78, 5) is 26.6. The number of carbonyl (C=O) groups excluding carboxylic acids is 1. The second-order valence-electron chi connectivity index (χ2n) is 6.50. The molecule has 5 rings (SSSR count). The zero-order valence-corrected chi connectivity index (χ0v) is 16.2. The van der Waals surface area contributed by atoms with Crippen molar-refractivity contribution in [3.63, 3.8) is 0 Å². The van der Waals surface area contributed by atoms with Crippen molar-refractivity contribution in [1.82, 2.24) is 39.2 Å². The molecule has 0 radical (unpaired) electrons. The number of pyridine rings is 1. The van der Waals surface area contributed by atoms with Gasteiger partial charge in [-0.15, -0.1) is 5.10 Å². The van der Waals surface area contributed by atoms with Gasteiger partial charge in [0.05, 0.1) is 23.2 Å². The molecule has 1 unspecified atom stereocenters. The number of hydrogen-bond donors (Lipinski definition) is 1. The van der Waals surface area contributed by atoms with Gasteiger partial charge in [-0.05, 0) is 29.8 Å². The monoisotopic (exact) mass is 416 g/mol. The molecule has 0 fully saturated rings. The number of carbonyl (C=O) groups is 1. The summed E-state index contributed by atoms with van der Waals surface area (Å²) in [6.45, 7) is 0.477. The Labute approximate surface area is 168 Å². The molecule has 1 aliphatic heterocycles. The van der Waals surface area contributed by atoms with E-state index in [1.807, 2.05) is 18.2 Å². The minimum atomic E-state index is -0.478. The molecular formula is C17H14Cl2N8O. The fourth-order valence-corrected chi connectivity index (χ4v) is 4.00. The molecule has 0 saturated heterocycles. The van der Waals surface area contributed by atoms with E-state index in [4.69, 9.17) is 23.2 Å². The van der Waals surface area contributed by atoms with Crippen molar-refractivity contribution < 1.29 is 4.79 Å². The molecule has 0 aliphatic carbocycles. The first-order valence-electron chi connectivity index (χ1n) is 8.57. The van der Waals surface area contributed by atoms with Crippen LogP contribution >= 0.6 is 23.2 Å². The lowest BCUT2D eigenvalue weighted by Gasteiger charge is -2.33. The van der Waals surface area contributed by atoms with Crippen LogP contribution in [-0.4, -0.2) is 51.7 Å². The molecule has 0 spiro atoms. The number of imidazole rings is 1. The molecule has 1 atom stereocenters. The maximum atomic E-state index is 13.3. The third-order valence-electron chi connectivity index (χ3n) is 4.85. The number of aryl methyl sites for hydroxylation is 1. The second-order valence-corrected chi connectivity index (χ2v) is 7.23. The number of nitrogens with zero attached hydrogens (tertiary/aromatic N) is 7. The van der Waals surface area contributed by atoms with Crippen LogP contribution in [0.25, 0.3) is 5.52 Å². The Morgan fingerprint density at radius 2 is 2.14 bits per heavy atom. The molecule has 1 aliphatic rings. The molecule has 28 heavy (non-hydrogen) atoms. The van der Waals surface area contributed by atoms with E-state index in [1.165, 1.54) is 4.68 Å². The first kappa shape index (κ1) is 17.2. The Morgan fingerprint density at radius 3 is 2.89 bits per heavy atom. The van der Waals surface area contributed by atoms with Gasteiger partial charge in [0.1, 0.15) is 11.2 Å². The van der Waals surface area contributed by atoms with E-state index in [0.717, 1.165) is 16.9 Å². The van der Waals surface area contributed by atoms with Crippen molar-refractivity contribution in [2.45, 2.75) is 12.5 Å². The SMILES string of the molecule is Cn1nc(Cl)nc1C(=O)N1CCc2[nH]cnc2C1c1cc2cccc(Cl)n2n1. The van der Waals surface area contributed by atoms with E-state index in [9.17, 15) is 4.79 Å². The number of hydrogen-bond acceptors (Lipinski definition) is 5. The van der Waals surface area contributed by atoms with E-state index >= 15 is 0 Å². The molecule has 11 heteroatoms. The summed E-state index contributed by atoms with van der Waals surface area (Å²) in [5.41, 5.74) is 3.24. The first-order valence-corrected chi connectivity index (χ1v) is 9.32. The Morgan fingerprint density at radius 1 is 1.29 bits per heavy atom. The maximum Gasteiger partial charge on any atom is 0.292 e. The molecule has 1 N–H and O–H groups in total. The van der Waals surface area contributed by atoms with Gasteiger partial charge in [-0.2, -0.15) is 10.1 Å². The molecule has 142 valence electrons. The van der Waals surface area contributed by atoms with E-state index in [-0.39, 0.29) is 17.0 Å². The molecule has 4 aromatic rings. The van der Waals surface area contributed by atoms with Gasteiger partial charge in [-0.1, -0.05) is 17.7 Å². The number of halogens is 2. The lowest BCUT2D eigenvalue weighted by Crippen LogP contribution is -2.42. The number of nitrogens with one attached hydrogen (secondary N) is 1. The minimum Gasteiger partial charge on any atom is -0.348 e. The fourth-order valence-electron chi connectivity index (χ4n) is 3.60. The Hall–Kier alpha value is -2.91. The largest absolute Gasteiger partial charge is 0.348 e. The molecule has 0 saturated carbocycles. The fraction of sp³-hybridized carbons (Fsp3) is 0.235. The highest BCUT2D eigenvalue weighted by atomic mass is 35.5. The molecule has 5 heterocycles. The highest BCUT2D eigenvalue weighted by Gasteiger charge is 2.37. The minimum absolute atomic E-state index is 0.0272. The maximum absolute atomic E-state index is 13.3. The van der Waals surface area contributed by atoms with E-state index in [1.54, 1.807) is 28.9 Å². The summed E-state index contributed by atoms with van der Waals surface area (Å²) in [6.07, 6.45) is 2.28. The van der Waals surface area contributed by atoms with Gasteiger partial charge in [0, 0.05) is 25.7 Å². The molecule has 0 aromatic carbocycles. The van der Waals surface area contributed by atoms with Gasteiger partial charge >= 0.3 is 0 Å². The Bertz CT molecular complexity index is 1210. The van der Waals surface area contributed by atoms with Crippen LogP contribution < -0.4 is 0 Å². The van der Waals surface area contributed by atoms with Crippen LogP contribution in [0.15, 0.2) is 30.6 Å². The van der Waals surface area contributed by atoms with Crippen molar-refractivity contribution in [3.05, 3.63) is 63.9 Å². The van der Waals surface area contributed by atoms with Gasteiger partial charge in [-0.3, -0.25) is 4.79 Å². The lowest BCUT2D eigenvalue weighted by atomic mass is 9.99. The number of fused-ring (bicyclic) bond motifs is 2. The predicted octanol–water partition coefficient (Wildman–Crippen LogP) is 2.28. The van der Waals surface area contributed by atoms with Crippen LogP contribution in [0.5, 0.6) is 0 Å². The van der Waals surface area contributed by atoms with Gasteiger partial charge in [0.25, 0.3) is 5.91 Å². The van der Waals surface area contributed by atoms with Crippen LogP contribution in [0.2, 0.25) is 10.4 Å². The molecular weight excluding hydrogens is 403 g/mol. The van der Waals surface area contributed by atoms with Crippen LogP contribution in [0.4, 0.5) is 0 Å². The van der Waals surface area contributed by atoms with E-state index in [2.05, 4.69) is 25.1 Å². The standard InChI is InChI=1S/C17H14Cl2N8O/c1-25-15(22-17(19)24-25)16(28)26-6-5-10-13(21-8-20-10)14(26)11-7-9-3-2-4-12(18)27(9)23-11/h2-4,7-8,14H,5-6H2,1H3,(H,20,21). The van der Waals surface area contributed by atoms with Gasteiger partial charge in [0.2, 0.25) is 11.1 Å². The summed E-state index contributed by atoms with van der Waals surface area (Å²) in [5, 5.41) is 9.12. The number of rotatable bonds is 2. The summed E-state index contributed by atoms with van der Waals surface area (Å²) in [7, 11) is 1.63. The van der Waals surface area contributed by atoms with Crippen LogP contribution in [0.1, 0.15) is 33.7 Å². The summed E-state index contributed by atoms with van der Waals surface area (Å²) in [5.74, 6) is -0.125. The Balaban J connectivity index is 1.65. The van der Waals surface area contributed by atoms with Crippen molar-refractivity contribution in [1.29, 1.82) is 0 Å². The van der Waals surface area contributed by atoms with Gasteiger partial charge < -0.3 is 9.88 Å². The molecule has 0 bridgehead atoms. The van der Waals surface area contributed by atoms with Crippen LogP contribution in [0.3, 0.4) is 0 Å². The van der Waals surface area contributed by atoms with Crippen molar-refractivity contribution in [2.75, 3.05) is 6.54 Å². The molecule has 4 aromatic heterocycles. The smallest absolute Gasteiger partial charge is 0.292 e. The Kier molecular flexibility index (Phi) is 3.88. The molecule has 1 amide bonds. The quantitative estimate of drug-likeness (QED) is 0.505. The number of aromatic amines is 1. The number of H-pyrrole nitrogens is 1. The van der Waals surface area contributed by atoms with Gasteiger partial charge in [0.15, 0.2) is 0 Å². The predicted molar refractivity (Wildman–Crippen MR) is 101 cm³/mol. The van der Waals surface area contributed by atoms with Crippen LogP contribution in [0, 0.1) is 0 Å². The highest BCUT2D eigenvalue weighted by molar-refractivity contribution is 6.29. The van der Waals surface area contributed by atoms with Crippen molar-refractivity contribution in [2.24, 2.45) is 7.05 Å². The number of aromatic nitrogens is 7. The van der Waals surface area contributed by atoms with Crippen molar-refractivity contribution in [3.8, 4) is 0 Å². The van der Waals surface area contributed by atoms with E-state index in [0.29, 0.717) is 23.8 Å². The normalized spacial score (nSPS) is 16.5. The average Bonchev–Trinajstić information content (AvgIpc) is 3.38. The topological polar surface area (TPSA) is 97.0 Å². The lowest BCUT2D eigenvalue weighted by molar-refractivity contribution is 0.0669. The third kappa shape index (κ3) is 2.58. The highest BCUT2D eigenvalue weighted by Crippen LogP contribution is 2.34.